The van der Waals surface area contributed by atoms with Gasteiger partial charge in [0.05, 0.1) is 11.4 Å². The van der Waals surface area contributed by atoms with Crippen LogP contribution in [0.3, 0.4) is 0 Å². The van der Waals surface area contributed by atoms with Gasteiger partial charge in [-0.25, -0.2) is 0 Å². The van der Waals surface area contributed by atoms with Gasteiger partial charge in [-0.05, 0) is 65.1 Å². The molecule has 0 aromatic heterocycles. The third-order valence-electron chi connectivity index (χ3n) is 2.47. The van der Waals surface area contributed by atoms with Crippen LogP contribution in [0.2, 0.25) is 5.02 Å². The molecule has 4 nitrogen and oxygen atoms in total. The summed E-state index contributed by atoms with van der Waals surface area (Å²) >= 11 is 7.99. The molecule has 0 heterocycles. The number of nitrogen functional groups attached to an aromatic ring is 1. The second-order valence-corrected chi connectivity index (χ2v) is 5.70. The molecular weight excluding hydrogens is 391 g/mol. The summed E-state index contributed by atoms with van der Waals surface area (Å²) in [5, 5.41) is 3.19. The van der Waals surface area contributed by atoms with Crippen LogP contribution < -0.4 is 15.8 Å². The van der Waals surface area contributed by atoms with Crippen LogP contribution in [0.5, 0.6) is 5.75 Å². The zero-order valence-corrected chi connectivity index (χ0v) is 13.3. The van der Waals surface area contributed by atoms with Gasteiger partial charge in [-0.15, -0.1) is 0 Å². The van der Waals surface area contributed by atoms with E-state index in [4.69, 9.17) is 22.1 Å². The first kappa shape index (κ1) is 14.9. The molecule has 2 aromatic carbocycles. The van der Waals surface area contributed by atoms with E-state index >= 15 is 0 Å². The molecule has 6 heteroatoms. The first-order valence-electron chi connectivity index (χ1n) is 5.78. The predicted octanol–water partition coefficient (Wildman–Crippen LogP) is 3.54. The number of carbonyl (C=O) groups excluding carboxylic acids is 1. The summed E-state index contributed by atoms with van der Waals surface area (Å²) in [4.78, 5) is 11.8. The molecule has 0 fully saturated rings. The van der Waals surface area contributed by atoms with Crippen LogP contribution in [0, 0.1) is 3.57 Å². The summed E-state index contributed by atoms with van der Waals surface area (Å²) < 4.78 is 6.48. The molecule has 0 aliphatic carbocycles. The SMILES string of the molecule is Nc1cc(Cl)ccc1NC(=O)COc1ccc(I)cc1. The van der Waals surface area contributed by atoms with Crippen molar-refractivity contribution in [2.75, 3.05) is 17.7 Å². The number of rotatable bonds is 4. The zero-order valence-electron chi connectivity index (χ0n) is 10.4. The van der Waals surface area contributed by atoms with E-state index in [1.165, 1.54) is 0 Å². The molecule has 0 aliphatic heterocycles. The van der Waals surface area contributed by atoms with Crippen molar-refractivity contribution in [2.24, 2.45) is 0 Å². The first-order valence-corrected chi connectivity index (χ1v) is 7.23. The molecule has 0 unspecified atom stereocenters. The lowest BCUT2D eigenvalue weighted by atomic mass is 10.2. The molecule has 1 amide bonds. The second-order valence-electron chi connectivity index (χ2n) is 4.02. The number of nitrogens with one attached hydrogen (secondary N) is 1. The van der Waals surface area contributed by atoms with E-state index in [1.807, 2.05) is 24.3 Å². The van der Waals surface area contributed by atoms with Gasteiger partial charge in [0.2, 0.25) is 0 Å². The van der Waals surface area contributed by atoms with Crippen LogP contribution >= 0.6 is 34.2 Å². The molecule has 2 rings (SSSR count). The van der Waals surface area contributed by atoms with Crippen molar-refractivity contribution in [3.05, 3.63) is 51.1 Å². The molecule has 2 aromatic rings. The van der Waals surface area contributed by atoms with E-state index in [0.717, 1.165) is 3.57 Å². The fourth-order valence-corrected chi connectivity index (χ4v) is 2.05. The minimum Gasteiger partial charge on any atom is -0.484 e. The maximum absolute atomic E-state index is 11.8. The fraction of sp³-hybridized carbons (Fsp3) is 0.0714. The second kappa shape index (κ2) is 6.81. The first-order chi connectivity index (χ1) is 9.54. The summed E-state index contributed by atoms with van der Waals surface area (Å²) in [5.74, 6) is 0.363. The molecule has 0 saturated heterocycles. The summed E-state index contributed by atoms with van der Waals surface area (Å²) in [6, 6.07) is 12.3. The summed E-state index contributed by atoms with van der Waals surface area (Å²) in [7, 11) is 0. The van der Waals surface area contributed by atoms with Gasteiger partial charge < -0.3 is 15.8 Å². The van der Waals surface area contributed by atoms with E-state index in [2.05, 4.69) is 27.9 Å². The van der Waals surface area contributed by atoms with Crippen LogP contribution in [-0.4, -0.2) is 12.5 Å². The lowest BCUT2D eigenvalue weighted by Crippen LogP contribution is -2.20. The maximum Gasteiger partial charge on any atom is 0.262 e. The van der Waals surface area contributed by atoms with E-state index in [0.29, 0.717) is 22.1 Å². The number of benzene rings is 2. The van der Waals surface area contributed by atoms with Gasteiger partial charge in [0.25, 0.3) is 5.91 Å². The Labute approximate surface area is 135 Å². The highest BCUT2D eigenvalue weighted by Crippen LogP contribution is 2.22. The van der Waals surface area contributed by atoms with Crippen molar-refractivity contribution in [1.82, 2.24) is 0 Å². The Hall–Kier alpha value is -1.47. The monoisotopic (exact) mass is 402 g/mol. The molecule has 3 N–H and O–H groups in total. The molecule has 0 atom stereocenters. The standard InChI is InChI=1S/C14H12ClIN2O2/c15-9-1-6-13(12(17)7-9)18-14(19)8-20-11-4-2-10(16)3-5-11/h1-7H,8,17H2,(H,18,19). The Morgan fingerprint density at radius 2 is 1.95 bits per heavy atom. The van der Waals surface area contributed by atoms with Crippen LogP contribution in [0.1, 0.15) is 0 Å². The van der Waals surface area contributed by atoms with Gasteiger partial charge in [-0.3, -0.25) is 4.79 Å². The molecule has 20 heavy (non-hydrogen) atoms. The Bertz CT molecular complexity index is 617. The number of halogens is 2. The predicted molar refractivity (Wildman–Crippen MR) is 89.1 cm³/mol. The maximum atomic E-state index is 11.8. The smallest absolute Gasteiger partial charge is 0.262 e. The third-order valence-corrected chi connectivity index (χ3v) is 3.43. The van der Waals surface area contributed by atoms with Crippen LogP contribution in [0.15, 0.2) is 42.5 Å². The van der Waals surface area contributed by atoms with Crippen molar-refractivity contribution in [3.63, 3.8) is 0 Å². The minimum absolute atomic E-state index is 0.0807. The normalized spacial score (nSPS) is 10.1. The molecular formula is C14H12ClIN2O2. The Morgan fingerprint density at radius 1 is 1.25 bits per heavy atom. The molecule has 0 saturated carbocycles. The molecule has 0 spiro atoms. The lowest BCUT2D eigenvalue weighted by Gasteiger charge is -2.09. The highest BCUT2D eigenvalue weighted by Gasteiger charge is 2.06. The van der Waals surface area contributed by atoms with Crippen molar-refractivity contribution in [3.8, 4) is 5.75 Å². The van der Waals surface area contributed by atoms with Gasteiger partial charge in [-0.1, -0.05) is 11.6 Å². The number of hydrogen-bond acceptors (Lipinski definition) is 3. The number of amides is 1. The van der Waals surface area contributed by atoms with E-state index in [1.54, 1.807) is 18.2 Å². The number of anilines is 2. The Kier molecular flexibility index (Phi) is 5.08. The van der Waals surface area contributed by atoms with Crippen LogP contribution in [0.25, 0.3) is 0 Å². The quantitative estimate of drug-likeness (QED) is 0.607. The molecule has 0 radical (unpaired) electrons. The van der Waals surface area contributed by atoms with Crippen molar-refractivity contribution in [2.45, 2.75) is 0 Å². The van der Waals surface area contributed by atoms with Crippen LogP contribution in [0.4, 0.5) is 11.4 Å². The topological polar surface area (TPSA) is 64.3 Å². The number of carbonyl (C=O) groups is 1. The van der Waals surface area contributed by atoms with Crippen molar-refractivity contribution < 1.29 is 9.53 Å². The minimum atomic E-state index is -0.280. The van der Waals surface area contributed by atoms with Crippen molar-refractivity contribution >= 4 is 51.5 Å². The van der Waals surface area contributed by atoms with Crippen molar-refractivity contribution in [1.29, 1.82) is 0 Å². The highest BCUT2D eigenvalue weighted by atomic mass is 127. The van der Waals surface area contributed by atoms with E-state index in [-0.39, 0.29) is 12.5 Å². The lowest BCUT2D eigenvalue weighted by molar-refractivity contribution is -0.118. The average molecular weight is 403 g/mol. The zero-order chi connectivity index (χ0) is 14.5. The van der Waals surface area contributed by atoms with Gasteiger partial charge in [0.15, 0.2) is 6.61 Å². The largest absolute Gasteiger partial charge is 0.484 e. The third kappa shape index (κ3) is 4.28. The van der Waals surface area contributed by atoms with E-state index < -0.39 is 0 Å². The fourth-order valence-electron chi connectivity index (χ4n) is 1.51. The Balaban J connectivity index is 1.90. The van der Waals surface area contributed by atoms with Gasteiger partial charge in [0.1, 0.15) is 5.75 Å². The summed E-state index contributed by atoms with van der Waals surface area (Å²) in [5.41, 5.74) is 6.69. The Morgan fingerprint density at radius 3 is 2.60 bits per heavy atom. The van der Waals surface area contributed by atoms with E-state index in [9.17, 15) is 4.79 Å². The van der Waals surface area contributed by atoms with Crippen LogP contribution in [-0.2, 0) is 4.79 Å². The molecule has 104 valence electrons. The number of ether oxygens (including phenoxy) is 1. The number of hydrogen-bond donors (Lipinski definition) is 2. The summed E-state index contributed by atoms with van der Waals surface area (Å²) in [6.07, 6.45) is 0. The van der Waals surface area contributed by atoms with Gasteiger partial charge in [-0.2, -0.15) is 0 Å². The number of nitrogens with two attached hydrogens (primary N) is 1. The van der Waals surface area contributed by atoms with Gasteiger partial charge in [0, 0.05) is 8.59 Å². The average Bonchev–Trinajstić information content (AvgIpc) is 2.41. The summed E-state index contributed by atoms with van der Waals surface area (Å²) in [6.45, 7) is -0.0807. The molecule has 0 aliphatic rings. The van der Waals surface area contributed by atoms with Gasteiger partial charge >= 0.3 is 0 Å². The highest BCUT2D eigenvalue weighted by molar-refractivity contribution is 14.1. The molecule has 0 bridgehead atoms.